The first-order chi connectivity index (χ1) is 9.74. The summed E-state index contributed by atoms with van der Waals surface area (Å²) < 4.78 is 6.19. The Hall–Kier alpha value is -1.17. The molecule has 1 atom stereocenters. The van der Waals surface area contributed by atoms with Crippen molar-refractivity contribution in [3.05, 3.63) is 22.5 Å². The Bertz CT molecular complexity index is 460. The number of hydrogen-bond donors (Lipinski definition) is 2. The topological polar surface area (TPSA) is 61.8 Å². The van der Waals surface area contributed by atoms with Crippen molar-refractivity contribution in [2.75, 3.05) is 13.1 Å². The Morgan fingerprint density at radius 2 is 2.05 bits per heavy atom. The summed E-state index contributed by atoms with van der Waals surface area (Å²) in [6.07, 6.45) is 5.02. The standard InChI is InChI=1S/C15H23BrN2O3/c1-15(2,3)21-14(20)18-6-4-10(5-7-18)12-8-11(19)9-13(16)17-12/h8-10,12,17,19H,4-7H2,1-3H3. The summed E-state index contributed by atoms with van der Waals surface area (Å²) in [5.74, 6) is 0.673. The van der Waals surface area contributed by atoms with E-state index in [2.05, 4.69) is 21.2 Å². The Labute approximate surface area is 134 Å². The largest absolute Gasteiger partial charge is 0.508 e. The monoisotopic (exact) mass is 358 g/mol. The van der Waals surface area contributed by atoms with Crippen LogP contribution in [-0.4, -0.2) is 40.8 Å². The summed E-state index contributed by atoms with van der Waals surface area (Å²) in [7, 11) is 0. The number of allylic oxidation sites excluding steroid dienone is 1. The van der Waals surface area contributed by atoms with Crippen LogP contribution in [0.5, 0.6) is 0 Å². The van der Waals surface area contributed by atoms with Crippen molar-refractivity contribution in [3.63, 3.8) is 0 Å². The van der Waals surface area contributed by atoms with Crippen LogP contribution in [0.15, 0.2) is 22.5 Å². The van der Waals surface area contributed by atoms with Gasteiger partial charge in [-0.15, -0.1) is 0 Å². The van der Waals surface area contributed by atoms with Gasteiger partial charge < -0.3 is 20.1 Å². The molecule has 118 valence electrons. The van der Waals surface area contributed by atoms with Crippen LogP contribution in [0.25, 0.3) is 0 Å². The molecule has 1 amide bonds. The Morgan fingerprint density at radius 3 is 2.57 bits per heavy atom. The van der Waals surface area contributed by atoms with Gasteiger partial charge >= 0.3 is 6.09 Å². The number of piperidine rings is 1. The van der Waals surface area contributed by atoms with Crippen LogP contribution in [0.1, 0.15) is 33.6 Å². The zero-order valence-electron chi connectivity index (χ0n) is 12.7. The molecule has 0 saturated carbocycles. The quantitative estimate of drug-likeness (QED) is 0.706. The lowest BCUT2D eigenvalue weighted by Gasteiger charge is -2.37. The number of ether oxygens (including phenoxy) is 1. The SMILES string of the molecule is CC(C)(C)OC(=O)N1CCC(C2C=C(O)C=C(Br)N2)CC1. The molecule has 0 spiro atoms. The van der Waals surface area contributed by atoms with E-state index in [0.717, 1.165) is 17.4 Å². The van der Waals surface area contributed by atoms with Crippen molar-refractivity contribution in [1.29, 1.82) is 0 Å². The fraction of sp³-hybridized carbons (Fsp3) is 0.667. The fourth-order valence-corrected chi connectivity index (χ4v) is 3.12. The number of carbonyl (C=O) groups excluding carboxylic acids is 1. The number of likely N-dealkylation sites (tertiary alicyclic amines) is 1. The fourth-order valence-electron chi connectivity index (χ4n) is 2.63. The lowest BCUT2D eigenvalue weighted by molar-refractivity contribution is 0.0176. The lowest BCUT2D eigenvalue weighted by Crippen LogP contribution is -2.46. The number of dihydropyridines is 1. The molecular weight excluding hydrogens is 336 g/mol. The van der Waals surface area contributed by atoms with Gasteiger partial charge in [0.2, 0.25) is 0 Å². The van der Waals surface area contributed by atoms with Crippen molar-refractivity contribution in [3.8, 4) is 0 Å². The van der Waals surface area contributed by atoms with Gasteiger partial charge in [0.15, 0.2) is 0 Å². The second-order valence-electron chi connectivity index (χ2n) is 6.56. The highest BCUT2D eigenvalue weighted by Gasteiger charge is 2.31. The molecular formula is C15H23BrN2O3. The van der Waals surface area contributed by atoms with Gasteiger partial charge in [-0.25, -0.2) is 4.79 Å². The molecule has 21 heavy (non-hydrogen) atoms. The number of rotatable bonds is 1. The molecule has 0 radical (unpaired) electrons. The van der Waals surface area contributed by atoms with Gasteiger partial charge in [0, 0.05) is 19.2 Å². The zero-order valence-corrected chi connectivity index (χ0v) is 14.3. The van der Waals surface area contributed by atoms with Gasteiger partial charge in [0.1, 0.15) is 11.4 Å². The van der Waals surface area contributed by atoms with E-state index in [0.29, 0.717) is 19.0 Å². The summed E-state index contributed by atoms with van der Waals surface area (Å²) in [6, 6.07) is 0.102. The summed E-state index contributed by atoms with van der Waals surface area (Å²) in [4.78, 5) is 13.8. The summed E-state index contributed by atoms with van der Waals surface area (Å²) in [6.45, 7) is 7.00. The van der Waals surface area contributed by atoms with Gasteiger partial charge in [-0.3, -0.25) is 0 Å². The van der Waals surface area contributed by atoms with Crippen molar-refractivity contribution in [2.45, 2.75) is 45.3 Å². The van der Waals surface area contributed by atoms with Gasteiger partial charge in [0.25, 0.3) is 0 Å². The maximum atomic E-state index is 12.0. The summed E-state index contributed by atoms with van der Waals surface area (Å²) in [5.41, 5.74) is -0.455. The highest BCUT2D eigenvalue weighted by molar-refractivity contribution is 9.11. The van der Waals surface area contributed by atoms with Gasteiger partial charge in [0.05, 0.1) is 10.6 Å². The van der Waals surface area contributed by atoms with E-state index < -0.39 is 5.60 Å². The maximum absolute atomic E-state index is 12.0. The molecule has 0 aromatic heterocycles. The van der Waals surface area contributed by atoms with E-state index in [1.165, 1.54) is 0 Å². The molecule has 2 rings (SSSR count). The third kappa shape index (κ3) is 4.66. The summed E-state index contributed by atoms with van der Waals surface area (Å²) in [5, 5.41) is 13.0. The molecule has 1 unspecified atom stereocenters. The average molecular weight is 359 g/mol. The van der Waals surface area contributed by atoms with E-state index in [1.807, 2.05) is 26.8 Å². The highest BCUT2D eigenvalue weighted by Crippen LogP contribution is 2.26. The van der Waals surface area contributed by atoms with E-state index in [4.69, 9.17) is 4.74 Å². The van der Waals surface area contributed by atoms with Crippen LogP contribution in [-0.2, 0) is 4.74 Å². The highest BCUT2D eigenvalue weighted by atomic mass is 79.9. The van der Waals surface area contributed by atoms with Crippen LogP contribution in [0.4, 0.5) is 4.79 Å². The third-order valence-corrected chi connectivity index (χ3v) is 4.09. The number of aliphatic hydroxyl groups excluding tert-OH is 1. The van der Waals surface area contributed by atoms with E-state index in [1.54, 1.807) is 11.0 Å². The first-order valence-electron chi connectivity index (χ1n) is 7.27. The first-order valence-corrected chi connectivity index (χ1v) is 8.06. The minimum absolute atomic E-state index is 0.102. The number of halogens is 1. The number of hydrogen-bond acceptors (Lipinski definition) is 4. The first kappa shape index (κ1) is 16.2. The number of nitrogens with zero attached hydrogens (tertiary/aromatic N) is 1. The predicted octanol–water partition coefficient (Wildman–Crippen LogP) is 3.28. The van der Waals surface area contributed by atoms with Crippen LogP contribution >= 0.6 is 15.9 Å². The van der Waals surface area contributed by atoms with E-state index >= 15 is 0 Å². The van der Waals surface area contributed by atoms with Crippen molar-refractivity contribution >= 4 is 22.0 Å². The van der Waals surface area contributed by atoms with Crippen LogP contribution < -0.4 is 5.32 Å². The predicted molar refractivity (Wildman–Crippen MR) is 85.2 cm³/mol. The molecule has 0 aromatic carbocycles. The molecule has 5 nitrogen and oxygen atoms in total. The van der Waals surface area contributed by atoms with Crippen molar-refractivity contribution in [1.82, 2.24) is 10.2 Å². The molecule has 2 N–H and O–H groups in total. The summed E-state index contributed by atoms with van der Waals surface area (Å²) >= 11 is 3.37. The minimum Gasteiger partial charge on any atom is -0.508 e. The van der Waals surface area contributed by atoms with Crippen molar-refractivity contribution < 1.29 is 14.6 Å². The Kier molecular flexibility index (Phi) is 4.86. The number of amides is 1. The smallest absolute Gasteiger partial charge is 0.410 e. The second-order valence-corrected chi connectivity index (χ2v) is 7.41. The molecule has 1 fully saturated rings. The van der Waals surface area contributed by atoms with E-state index in [-0.39, 0.29) is 17.9 Å². The van der Waals surface area contributed by atoms with Crippen LogP contribution in [0.2, 0.25) is 0 Å². The minimum atomic E-state index is -0.455. The van der Waals surface area contributed by atoms with Gasteiger partial charge in [-0.05, 0) is 61.5 Å². The Balaban J connectivity index is 1.86. The molecule has 6 heteroatoms. The average Bonchev–Trinajstić information content (AvgIpc) is 2.35. The molecule has 2 heterocycles. The maximum Gasteiger partial charge on any atom is 0.410 e. The molecule has 2 aliphatic heterocycles. The molecule has 0 aromatic rings. The third-order valence-electron chi connectivity index (χ3n) is 3.63. The van der Waals surface area contributed by atoms with Gasteiger partial charge in [-0.1, -0.05) is 0 Å². The van der Waals surface area contributed by atoms with Gasteiger partial charge in [-0.2, -0.15) is 0 Å². The van der Waals surface area contributed by atoms with Crippen molar-refractivity contribution in [2.24, 2.45) is 5.92 Å². The zero-order chi connectivity index (χ0) is 15.6. The van der Waals surface area contributed by atoms with Crippen LogP contribution in [0.3, 0.4) is 0 Å². The number of nitrogens with one attached hydrogen (secondary N) is 1. The lowest BCUT2D eigenvalue weighted by atomic mass is 9.88. The van der Waals surface area contributed by atoms with E-state index in [9.17, 15) is 9.90 Å². The molecule has 0 aliphatic carbocycles. The molecule has 0 bridgehead atoms. The molecule has 1 saturated heterocycles. The molecule has 2 aliphatic rings. The van der Waals surface area contributed by atoms with Crippen LogP contribution in [0, 0.1) is 5.92 Å². The second kappa shape index (κ2) is 6.30. The normalized spacial score (nSPS) is 24.0. The number of aliphatic hydroxyl groups is 1. The Morgan fingerprint density at radius 1 is 1.43 bits per heavy atom. The number of carbonyl (C=O) groups is 1.